The highest BCUT2D eigenvalue weighted by molar-refractivity contribution is 5.94. The molecule has 2 aliphatic carbocycles. The maximum Gasteiger partial charge on any atom is 0.417 e. The van der Waals surface area contributed by atoms with Gasteiger partial charge in [0, 0.05) is 49.1 Å². The lowest BCUT2D eigenvalue weighted by molar-refractivity contribution is -0.189. The fourth-order valence-electron chi connectivity index (χ4n) is 6.61. The topological polar surface area (TPSA) is 88.5 Å². The van der Waals surface area contributed by atoms with Crippen LogP contribution in [0.5, 0.6) is 0 Å². The van der Waals surface area contributed by atoms with Crippen molar-refractivity contribution < 1.29 is 27.5 Å². The minimum absolute atomic E-state index is 0.0153. The average molecular weight is 574 g/mol. The minimum atomic E-state index is -4.54. The lowest BCUT2D eigenvalue weighted by atomic mass is 9.78. The van der Waals surface area contributed by atoms with Crippen LogP contribution in [0.3, 0.4) is 0 Å². The largest absolute Gasteiger partial charge is 0.417 e. The Labute approximate surface area is 238 Å². The van der Waals surface area contributed by atoms with Gasteiger partial charge < -0.3 is 20.3 Å². The lowest BCUT2D eigenvalue weighted by Crippen LogP contribution is -2.66. The van der Waals surface area contributed by atoms with Crippen molar-refractivity contribution in [2.75, 3.05) is 32.8 Å². The van der Waals surface area contributed by atoms with Gasteiger partial charge in [-0.25, -0.2) is 0 Å². The Bertz CT molecular complexity index is 1260. The Hall–Kier alpha value is -2.92. The number of ether oxygens (including phenoxy) is 1. The predicted molar refractivity (Wildman–Crippen MR) is 146 cm³/mol. The first kappa shape index (κ1) is 28.2. The Morgan fingerprint density at radius 3 is 2.44 bits per heavy atom. The normalized spacial score (nSPS) is 21.6. The molecule has 11 heteroatoms. The van der Waals surface area contributed by atoms with Crippen molar-refractivity contribution in [3.8, 4) is 11.3 Å². The van der Waals surface area contributed by atoms with Crippen molar-refractivity contribution in [1.82, 2.24) is 25.3 Å². The quantitative estimate of drug-likeness (QED) is 0.435. The number of aromatic nitrogens is 2. The van der Waals surface area contributed by atoms with Gasteiger partial charge in [0.15, 0.2) is 5.69 Å². The van der Waals surface area contributed by atoms with Crippen molar-refractivity contribution in [2.45, 2.75) is 82.1 Å². The molecule has 3 heterocycles. The maximum atomic E-state index is 13.9. The molecule has 1 spiro atoms. The zero-order valence-electron chi connectivity index (χ0n) is 23.2. The number of rotatable bonds is 10. The monoisotopic (exact) mass is 573 g/mol. The summed E-state index contributed by atoms with van der Waals surface area (Å²) in [4.78, 5) is 28.6. The Kier molecular flexibility index (Phi) is 7.84. The molecule has 1 aromatic heterocycles. The molecule has 2 saturated carbocycles. The van der Waals surface area contributed by atoms with Gasteiger partial charge in [0.1, 0.15) is 0 Å². The van der Waals surface area contributed by atoms with Crippen LogP contribution < -0.4 is 10.6 Å². The highest BCUT2D eigenvalue weighted by Gasteiger charge is 2.48. The van der Waals surface area contributed by atoms with E-state index in [2.05, 4.69) is 20.6 Å². The summed E-state index contributed by atoms with van der Waals surface area (Å²) in [6.07, 6.45) is 2.79. The molecule has 0 bridgehead atoms. The molecule has 1 unspecified atom stereocenters. The van der Waals surface area contributed by atoms with Gasteiger partial charge in [-0.3, -0.25) is 14.3 Å². The molecule has 2 amide bonds. The minimum Gasteiger partial charge on any atom is -0.380 e. The van der Waals surface area contributed by atoms with E-state index in [1.807, 2.05) is 0 Å². The summed E-state index contributed by atoms with van der Waals surface area (Å²) in [5.41, 5.74) is -0.0932. The molecular weight excluding hydrogens is 535 g/mol. The van der Waals surface area contributed by atoms with E-state index in [9.17, 15) is 22.8 Å². The van der Waals surface area contributed by atoms with Gasteiger partial charge in [0.05, 0.1) is 30.5 Å². The van der Waals surface area contributed by atoms with Gasteiger partial charge in [-0.2, -0.15) is 18.3 Å². The second-order valence-electron chi connectivity index (χ2n) is 12.4. The summed E-state index contributed by atoms with van der Waals surface area (Å²) < 4.78 is 48.7. The molecule has 2 aromatic rings. The van der Waals surface area contributed by atoms with Gasteiger partial charge in [0.2, 0.25) is 5.91 Å². The molecule has 0 radical (unpaired) electrons. The summed E-state index contributed by atoms with van der Waals surface area (Å²) >= 11 is 0. The van der Waals surface area contributed by atoms with E-state index < -0.39 is 23.7 Å². The smallest absolute Gasteiger partial charge is 0.380 e. The highest BCUT2D eigenvalue weighted by Crippen LogP contribution is 2.40. The molecule has 2 aliphatic heterocycles. The molecule has 2 N–H and O–H groups in total. The summed E-state index contributed by atoms with van der Waals surface area (Å²) in [6.45, 7) is 4.23. The number of nitrogens with zero attached hydrogens (tertiary/aromatic N) is 3. The van der Waals surface area contributed by atoms with Crippen LogP contribution in [0.1, 0.15) is 79.9 Å². The number of carbonyl (C=O) groups excluding carboxylic acids is 2. The molecule has 1 atom stereocenters. The van der Waals surface area contributed by atoms with Gasteiger partial charge in [-0.05, 0) is 50.7 Å². The number of carbonyl (C=O) groups is 2. The average Bonchev–Trinajstić information content (AvgIpc) is 3.54. The van der Waals surface area contributed by atoms with Crippen LogP contribution in [0, 0.1) is 5.41 Å². The summed E-state index contributed by atoms with van der Waals surface area (Å²) in [5.74, 6) is -0.565. The van der Waals surface area contributed by atoms with E-state index in [1.165, 1.54) is 18.2 Å². The molecule has 222 valence electrons. The SMILES string of the molecule is O=C(CC(CCN1CC2(COC2)C1)NC(=O)c1cc(-c2ccccc2C(F)(F)F)n(C2CCCC2)n1)NC1CCC1. The number of hydrogen-bond acceptors (Lipinski definition) is 5. The van der Waals surface area contributed by atoms with Crippen molar-refractivity contribution >= 4 is 11.8 Å². The van der Waals surface area contributed by atoms with Crippen molar-refractivity contribution in [3.63, 3.8) is 0 Å². The molecule has 41 heavy (non-hydrogen) atoms. The van der Waals surface area contributed by atoms with Gasteiger partial charge in [-0.15, -0.1) is 0 Å². The molecule has 8 nitrogen and oxygen atoms in total. The van der Waals surface area contributed by atoms with Crippen molar-refractivity contribution in [2.24, 2.45) is 5.41 Å². The number of likely N-dealkylation sites (tertiary alicyclic amines) is 1. The first-order chi connectivity index (χ1) is 19.7. The Balaban J connectivity index is 1.20. The number of benzene rings is 1. The van der Waals surface area contributed by atoms with Crippen LogP contribution in [0.25, 0.3) is 11.3 Å². The van der Waals surface area contributed by atoms with Crippen LogP contribution in [-0.4, -0.2) is 71.4 Å². The molecule has 4 fully saturated rings. The zero-order valence-corrected chi connectivity index (χ0v) is 23.2. The van der Waals surface area contributed by atoms with Crippen LogP contribution >= 0.6 is 0 Å². The van der Waals surface area contributed by atoms with Gasteiger partial charge in [0.25, 0.3) is 5.91 Å². The fraction of sp³-hybridized carbons (Fsp3) is 0.633. The standard InChI is InChI=1S/C30H38F3N5O3/c31-30(32,33)24-11-4-3-10-23(24)26-15-25(36-38(26)22-8-1-2-9-22)28(40)35-21(14-27(39)34-20-6-5-7-20)12-13-37-16-29(17-37)18-41-19-29/h3-4,10-11,15,20-22H,1-2,5-9,12-14,16-19H2,(H,34,39)(H,35,40). The third-order valence-corrected chi connectivity index (χ3v) is 9.11. The van der Waals surface area contributed by atoms with E-state index in [4.69, 9.17) is 4.74 Å². The van der Waals surface area contributed by atoms with Crippen molar-refractivity contribution in [1.29, 1.82) is 0 Å². The molecule has 4 aliphatic rings. The number of amides is 2. The summed E-state index contributed by atoms with van der Waals surface area (Å²) in [6, 6.07) is 6.63. The summed E-state index contributed by atoms with van der Waals surface area (Å²) in [5, 5.41) is 10.6. The molecule has 1 aromatic carbocycles. The first-order valence-electron chi connectivity index (χ1n) is 14.9. The fourth-order valence-corrected chi connectivity index (χ4v) is 6.61. The number of nitrogens with one attached hydrogen (secondary N) is 2. The van der Waals surface area contributed by atoms with Crippen LogP contribution in [-0.2, 0) is 15.7 Å². The maximum absolute atomic E-state index is 13.9. The highest BCUT2D eigenvalue weighted by atomic mass is 19.4. The van der Waals surface area contributed by atoms with Crippen LogP contribution in [0.15, 0.2) is 30.3 Å². The van der Waals surface area contributed by atoms with E-state index in [-0.39, 0.29) is 41.1 Å². The summed E-state index contributed by atoms with van der Waals surface area (Å²) in [7, 11) is 0. The Morgan fingerprint density at radius 2 is 1.80 bits per heavy atom. The number of hydrogen-bond donors (Lipinski definition) is 2. The van der Waals surface area contributed by atoms with E-state index >= 15 is 0 Å². The predicted octanol–water partition coefficient (Wildman–Crippen LogP) is 4.56. The third kappa shape index (κ3) is 6.16. The second kappa shape index (κ2) is 11.4. The number of alkyl halides is 3. The van der Waals surface area contributed by atoms with E-state index in [1.54, 1.807) is 10.7 Å². The first-order valence-corrected chi connectivity index (χ1v) is 14.9. The second-order valence-corrected chi connectivity index (χ2v) is 12.4. The van der Waals surface area contributed by atoms with Gasteiger partial charge in [-0.1, -0.05) is 31.0 Å². The molecule has 6 rings (SSSR count). The van der Waals surface area contributed by atoms with Gasteiger partial charge >= 0.3 is 6.18 Å². The van der Waals surface area contributed by atoms with E-state index in [0.29, 0.717) is 12.1 Å². The molecule has 2 saturated heterocycles. The lowest BCUT2D eigenvalue weighted by Gasteiger charge is -2.55. The van der Waals surface area contributed by atoms with Crippen LogP contribution in [0.4, 0.5) is 13.2 Å². The van der Waals surface area contributed by atoms with Crippen LogP contribution in [0.2, 0.25) is 0 Å². The number of halogens is 3. The Morgan fingerprint density at radius 1 is 1.07 bits per heavy atom. The third-order valence-electron chi connectivity index (χ3n) is 9.11. The van der Waals surface area contributed by atoms with E-state index in [0.717, 1.165) is 83.9 Å². The zero-order chi connectivity index (χ0) is 28.6. The van der Waals surface area contributed by atoms with Crippen molar-refractivity contribution in [3.05, 3.63) is 41.6 Å². The molecular formula is C30H38F3N5O3.